The van der Waals surface area contributed by atoms with E-state index >= 15 is 0 Å². The van der Waals surface area contributed by atoms with E-state index in [2.05, 4.69) is 37.7 Å². The maximum atomic E-state index is 6.12. The Morgan fingerprint density at radius 3 is 2.72 bits per heavy atom. The van der Waals surface area contributed by atoms with Gasteiger partial charge in [0.25, 0.3) is 0 Å². The number of aromatic nitrogens is 4. The zero-order chi connectivity index (χ0) is 17.2. The molecule has 25 heavy (non-hydrogen) atoms. The number of anilines is 1. The van der Waals surface area contributed by atoms with Gasteiger partial charge in [0, 0.05) is 77.9 Å². The minimum absolute atomic E-state index is 0.130. The van der Waals surface area contributed by atoms with Crippen LogP contribution in [0.2, 0.25) is 0 Å². The Morgan fingerprint density at radius 2 is 2.04 bits per heavy atom. The summed E-state index contributed by atoms with van der Waals surface area (Å²) >= 11 is 0. The van der Waals surface area contributed by atoms with Gasteiger partial charge in [-0.1, -0.05) is 0 Å². The third-order valence-corrected chi connectivity index (χ3v) is 5.48. The van der Waals surface area contributed by atoms with Gasteiger partial charge in [-0.3, -0.25) is 9.58 Å². The number of piperazine rings is 1. The molecule has 0 N–H and O–H groups in total. The molecule has 2 aliphatic rings. The van der Waals surface area contributed by atoms with Gasteiger partial charge in [-0.25, -0.2) is 4.98 Å². The molecule has 2 aliphatic heterocycles. The molecule has 0 amide bonds. The molecule has 7 heteroatoms. The Kier molecular flexibility index (Phi) is 4.76. The first-order valence-corrected chi connectivity index (χ1v) is 9.25. The Hall–Kier alpha value is -1.86. The molecular weight excluding hydrogens is 316 g/mol. The number of imidazole rings is 1. The fourth-order valence-corrected chi connectivity index (χ4v) is 4.06. The van der Waals surface area contributed by atoms with E-state index < -0.39 is 0 Å². The smallest absolute Gasteiger partial charge is 0.137 e. The van der Waals surface area contributed by atoms with E-state index in [9.17, 15) is 0 Å². The lowest BCUT2D eigenvalue weighted by Crippen LogP contribution is -2.48. The van der Waals surface area contributed by atoms with E-state index in [-0.39, 0.29) is 6.10 Å². The molecule has 0 radical (unpaired) electrons. The first-order valence-electron chi connectivity index (χ1n) is 9.25. The number of hydrogen-bond donors (Lipinski definition) is 0. The molecule has 0 aromatic carbocycles. The lowest BCUT2D eigenvalue weighted by Gasteiger charge is -2.39. The lowest BCUT2D eigenvalue weighted by molar-refractivity contribution is -0.0455. The second kappa shape index (κ2) is 7.17. The lowest BCUT2D eigenvalue weighted by atomic mass is 9.92. The molecule has 2 saturated heterocycles. The van der Waals surface area contributed by atoms with Crippen LogP contribution in [0.1, 0.15) is 24.8 Å². The molecule has 0 aliphatic carbocycles. The summed E-state index contributed by atoms with van der Waals surface area (Å²) in [5.74, 6) is 1.60. The first-order chi connectivity index (χ1) is 12.2. The molecule has 2 atom stereocenters. The number of aryl methyl sites for hydroxylation is 2. The maximum absolute atomic E-state index is 6.12. The molecule has 2 fully saturated rings. The fraction of sp³-hybridized carbons (Fsp3) is 0.667. The topological polar surface area (TPSA) is 51.4 Å². The normalized spacial score (nSPS) is 25.4. The molecule has 0 unspecified atom stereocenters. The van der Waals surface area contributed by atoms with Crippen molar-refractivity contribution in [1.82, 2.24) is 24.2 Å². The van der Waals surface area contributed by atoms with Crippen molar-refractivity contribution < 1.29 is 4.74 Å². The van der Waals surface area contributed by atoms with E-state index in [1.165, 1.54) is 12.1 Å². The van der Waals surface area contributed by atoms with Crippen LogP contribution in [0.4, 0.5) is 5.69 Å². The van der Waals surface area contributed by atoms with Crippen molar-refractivity contribution in [3.05, 3.63) is 30.6 Å². The molecule has 2 aromatic rings. The summed E-state index contributed by atoms with van der Waals surface area (Å²) in [4.78, 5) is 9.55. The number of hydrogen-bond acceptors (Lipinski definition) is 5. The van der Waals surface area contributed by atoms with Gasteiger partial charge in [0.2, 0.25) is 0 Å². The highest BCUT2D eigenvalue weighted by Crippen LogP contribution is 2.33. The number of nitrogens with zero attached hydrogens (tertiary/aromatic N) is 6. The molecule has 0 saturated carbocycles. The van der Waals surface area contributed by atoms with Crippen molar-refractivity contribution in [1.29, 1.82) is 0 Å². The second-order valence-electron chi connectivity index (χ2n) is 7.25. The second-order valence-corrected chi connectivity index (χ2v) is 7.25. The summed E-state index contributed by atoms with van der Waals surface area (Å²) in [7, 11) is 4.03. The van der Waals surface area contributed by atoms with Gasteiger partial charge in [-0.05, 0) is 12.8 Å². The van der Waals surface area contributed by atoms with E-state index in [4.69, 9.17) is 4.74 Å². The summed E-state index contributed by atoms with van der Waals surface area (Å²) in [6, 6.07) is 0. The van der Waals surface area contributed by atoms with Gasteiger partial charge in [0.1, 0.15) is 11.9 Å². The molecule has 4 heterocycles. The van der Waals surface area contributed by atoms with Crippen LogP contribution in [-0.2, 0) is 18.8 Å². The van der Waals surface area contributed by atoms with Crippen molar-refractivity contribution in [2.24, 2.45) is 20.0 Å². The van der Waals surface area contributed by atoms with Crippen LogP contribution in [0.25, 0.3) is 0 Å². The van der Waals surface area contributed by atoms with Gasteiger partial charge < -0.3 is 14.2 Å². The quantitative estimate of drug-likeness (QED) is 0.840. The minimum Gasteiger partial charge on any atom is -0.370 e. The highest BCUT2D eigenvalue weighted by molar-refractivity contribution is 5.42. The summed E-state index contributed by atoms with van der Waals surface area (Å²) in [6.45, 7) is 6.26. The van der Waals surface area contributed by atoms with Crippen LogP contribution in [0.3, 0.4) is 0 Å². The average molecular weight is 344 g/mol. The predicted molar refractivity (Wildman–Crippen MR) is 96.5 cm³/mol. The largest absolute Gasteiger partial charge is 0.370 e. The van der Waals surface area contributed by atoms with E-state index in [1.807, 2.05) is 30.3 Å². The van der Waals surface area contributed by atoms with Crippen LogP contribution >= 0.6 is 0 Å². The highest BCUT2D eigenvalue weighted by Gasteiger charge is 2.32. The first kappa shape index (κ1) is 16.6. The molecule has 136 valence electrons. The van der Waals surface area contributed by atoms with Gasteiger partial charge in [-0.15, -0.1) is 0 Å². The van der Waals surface area contributed by atoms with Crippen molar-refractivity contribution >= 4 is 5.69 Å². The summed E-state index contributed by atoms with van der Waals surface area (Å²) in [5.41, 5.74) is 1.23. The fourth-order valence-electron chi connectivity index (χ4n) is 4.06. The van der Waals surface area contributed by atoms with Gasteiger partial charge in [-0.2, -0.15) is 5.10 Å². The standard InChI is InChI=1S/C18H28N6O/c1-21-6-5-19-18(21)17-15(4-3-11-25-17)13-23-7-9-24(10-8-23)16-12-20-22(2)14-16/h5-6,12,14-15,17H,3-4,7-11,13H2,1-2H3/t15-,17+/m0/s1. The van der Waals surface area contributed by atoms with E-state index in [0.29, 0.717) is 5.92 Å². The Bertz CT molecular complexity index is 687. The summed E-state index contributed by atoms with van der Waals surface area (Å²) in [6.07, 6.45) is 10.4. The van der Waals surface area contributed by atoms with Gasteiger partial charge >= 0.3 is 0 Å². The Labute approximate surface area is 149 Å². The zero-order valence-corrected chi connectivity index (χ0v) is 15.2. The molecule has 4 rings (SSSR count). The SMILES string of the molecule is Cn1cc(N2CCN(C[C@@H]3CCCO[C@H]3c3nccn3C)CC2)cn1. The molecular formula is C18H28N6O. The van der Waals surface area contributed by atoms with Crippen LogP contribution in [0.5, 0.6) is 0 Å². The molecule has 0 spiro atoms. The number of ether oxygens (including phenoxy) is 1. The minimum atomic E-state index is 0.130. The van der Waals surface area contributed by atoms with Crippen LogP contribution in [0.15, 0.2) is 24.8 Å². The predicted octanol–water partition coefficient (Wildman–Crippen LogP) is 1.44. The highest BCUT2D eigenvalue weighted by atomic mass is 16.5. The van der Waals surface area contributed by atoms with Gasteiger partial charge in [0.15, 0.2) is 0 Å². The average Bonchev–Trinajstić information content (AvgIpc) is 3.25. The van der Waals surface area contributed by atoms with Crippen molar-refractivity contribution in [3.8, 4) is 0 Å². The monoisotopic (exact) mass is 344 g/mol. The van der Waals surface area contributed by atoms with Crippen molar-refractivity contribution in [3.63, 3.8) is 0 Å². The molecule has 2 aromatic heterocycles. The Morgan fingerprint density at radius 1 is 1.20 bits per heavy atom. The summed E-state index contributed by atoms with van der Waals surface area (Å²) in [5, 5.41) is 4.29. The van der Waals surface area contributed by atoms with Crippen LogP contribution < -0.4 is 4.90 Å². The molecule has 0 bridgehead atoms. The molecule has 7 nitrogen and oxygen atoms in total. The van der Waals surface area contributed by atoms with E-state index in [0.717, 1.165) is 51.6 Å². The zero-order valence-electron chi connectivity index (χ0n) is 15.2. The maximum Gasteiger partial charge on any atom is 0.137 e. The van der Waals surface area contributed by atoms with Crippen molar-refractivity contribution in [2.75, 3.05) is 44.2 Å². The third-order valence-electron chi connectivity index (χ3n) is 5.48. The van der Waals surface area contributed by atoms with Crippen LogP contribution in [0, 0.1) is 5.92 Å². The summed E-state index contributed by atoms with van der Waals surface area (Å²) < 4.78 is 10.1. The van der Waals surface area contributed by atoms with E-state index in [1.54, 1.807) is 0 Å². The van der Waals surface area contributed by atoms with Gasteiger partial charge in [0.05, 0.1) is 11.9 Å². The van der Waals surface area contributed by atoms with Crippen LogP contribution in [-0.4, -0.2) is 63.6 Å². The van der Waals surface area contributed by atoms with Crippen molar-refractivity contribution in [2.45, 2.75) is 18.9 Å². The third kappa shape index (κ3) is 3.57. The number of rotatable bonds is 4. The Balaban J connectivity index is 1.36.